The topological polar surface area (TPSA) is 56.4 Å². The van der Waals surface area contributed by atoms with Crippen LogP contribution in [0.4, 0.5) is 4.79 Å². The molecule has 2 amide bonds. The average Bonchev–Trinajstić information content (AvgIpc) is 2.80. The number of amides is 2. The quantitative estimate of drug-likeness (QED) is 0.484. The molecule has 0 saturated carbocycles. The maximum Gasteiger partial charge on any atom is 0.317 e. The van der Waals surface area contributed by atoms with Crippen molar-refractivity contribution in [3.05, 3.63) is 0 Å². The smallest absolute Gasteiger partial charge is 0.317 e. The number of carbonyl (C=O) groups is 1. The van der Waals surface area contributed by atoms with Crippen LogP contribution in [0.1, 0.15) is 53.4 Å². The second-order valence-electron chi connectivity index (χ2n) is 7.03. The molecule has 1 unspecified atom stereocenters. The lowest BCUT2D eigenvalue weighted by atomic mass is 9.89. The fourth-order valence-electron chi connectivity index (χ4n) is 2.84. The minimum atomic E-state index is 0.0669. The highest BCUT2D eigenvalue weighted by molar-refractivity contribution is 5.76. The number of hydrogen-bond acceptors (Lipinski definition) is 3. The summed E-state index contributed by atoms with van der Waals surface area (Å²) in [5.41, 5.74) is 0.0669. The first kappa shape index (κ1) is 19.2. The molecule has 0 aromatic carbocycles. The van der Waals surface area contributed by atoms with Gasteiger partial charge in [0.15, 0.2) is 0 Å². The maximum atomic E-state index is 12.0. The zero-order chi connectivity index (χ0) is 16.4. The first-order valence-electron chi connectivity index (χ1n) is 8.98. The summed E-state index contributed by atoms with van der Waals surface area (Å²) in [5.74, 6) is 0. The normalized spacial score (nSPS) is 18.8. The van der Waals surface area contributed by atoms with Crippen molar-refractivity contribution >= 4 is 6.03 Å². The van der Waals surface area contributed by atoms with Gasteiger partial charge in [0.05, 0.1) is 0 Å². The maximum absolute atomic E-state index is 12.0. The van der Waals surface area contributed by atoms with Gasteiger partial charge in [0.2, 0.25) is 0 Å². The largest absolute Gasteiger partial charge is 0.336 e. The van der Waals surface area contributed by atoms with E-state index in [9.17, 15) is 4.79 Å². The molecule has 5 nitrogen and oxygen atoms in total. The van der Waals surface area contributed by atoms with E-state index in [-0.39, 0.29) is 17.5 Å². The van der Waals surface area contributed by atoms with Gasteiger partial charge in [-0.05, 0) is 32.9 Å². The van der Waals surface area contributed by atoms with Gasteiger partial charge in [-0.25, -0.2) is 4.79 Å². The number of urea groups is 1. The second-order valence-corrected chi connectivity index (χ2v) is 7.03. The highest BCUT2D eigenvalue weighted by Gasteiger charge is 2.34. The van der Waals surface area contributed by atoms with E-state index < -0.39 is 0 Å². The Kier molecular flexibility index (Phi) is 8.79. The predicted molar refractivity (Wildman–Crippen MR) is 93.2 cm³/mol. The molecule has 1 rings (SSSR count). The summed E-state index contributed by atoms with van der Waals surface area (Å²) < 4.78 is 0. The molecule has 0 radical (unpaired) electrons. The molecule has 0 aliphatic carbocycles. The average molecular weight is 313 g/mol. The van der Waals surface area contributed by atoms with Crippen LogP contribution in [0.3, 0.4) is 0 Å². The number of unbranched alkanes of at least 4 members (excludes halogenated alkanes) is 2. The molecular weight excluding hydrogens is 276 g/mol. The van der Waals surface area contributed by atoms with E-state index in [1.807, 2.05) is 4.90 Å². The van der Waals surface area contributed by atoms with E-state index in [4.69, 9.17) is 0 Å². The molecule has 1 saturated heterocycles. The first-order chi connectivity index (χ1) is 10.5. The minimum absolute atomic E-state index is 0.0669. The number of nitrogens with one attached hydrogen (secondary N) is 3. The summed E-state index contributed by atoms with van der Waals surface area (Å²) in [6.45, 7) is 14.4. The van der Waals surface area contributed by atoms with Crippen LogP contribution in [0.15, 0.2) is 0 Å². The van der Waals surface area contributed by atoms with Crippen LogP contribution >= 0.6 is 0 Å². The Labute approximate surface area is 136 Å². The molecule has 1 fully saturated rings. The lowest BCUT2D eigenvalue weighted by molar-refractivity contribution is 0.157. The number of hydrogen-bond donors (Lipinski definition) is 3. The van der Waals surface area contributed by atoms with Crippen LogP contribution < -0.4 is 16.0 Å². The van der Waals surface area contributed by atoms with Gasteiger partial charge in [0.1, 0.15) is 0 Å². The van der Waals surface area contributed by atoms with E-state index in [1.54, 1.807) is 0 Å². The third-order valence-corrected chi connectivity index (χ3v) is 4.41. The van der Waals surface area contributed by atoms with Gasteiger partial charge in [0, 0.05) is 37.6 Å². The summed E-state index contributed by atoms with van der Waals surface area (Å²) in [7, 11) is 0. The van der Waals surface area contributed by atoms with Crippen LogP contribution in [-0.4, -0.2) is 56.2 Å². The molecule has 22 heavy (non-hydrogen) atoms. The van der Waals surface area contributed by atoms with E-state index in [2.05, 4.69) is 43.6 Å². The molecule has 0 aromatic heterocycles. The fourth-order valence-corrected chi connectivity index (χ4v) is 2.84. The van der Waals surface area contributed by atoms with Gasteiger partial charge in [-0.15, -0.1) is 0 Å². The molecule has 130 valence electrons. The standard InChI is InChI=1S/C17H36N4O/c1-5-7-9-18-12-17(4,13-19-10-8-6-2)14-21-15(3)11-20-16(21)22/h15,18-19H,5-14H2,1-4H3,(H,20,22). The van der Waals surface area contributed by atoms with Gasteiger partial charge in [-0.2, -0.15) is 0 Å². The lowest BCUT2D eigenvalue weighted by Crippen LogP contribution is -2.50. The molecule has 1 aliphatic rings. The SMILES string of the molecule is CCCCNCC(C)(CNCCCC)CN1C(=O)NCC1C. The summed E-state index contributed by atoms with van der Waals surface area (Å²) >= 11 is 0. The van der Waals surface area contributed by atoms with Gasteiger partial charge >= 0.3 is 6.03 Å². The summed E-state index contributed by atoms with van der Waals surface area (Å²) in [5, 5.41) is 10.1. The Morgan fingerprint density at radius 3 is 2.14 bits per heavy atom. The van der Waals surface area contributed by atoms with E-state index in [1.165, 1.54) is 25.7 Å². The van der Waals surface area contributed by atoms with Crippen molar-refractivity contribution in [1.82, 2.24) is 20.9 Å². The van der Waals surface area contributed by atoms with Crippen molar-refractivity contribution in [3.8, 4) is 0 Å². The van der Waals surface area contributed by atoms with Gasteiger partial charge in [-0.1, -0.05) is 33.6 Å². The molecule has 0 spiro atoms. The number of rotatable bonds is 12. The third-order valence-electron chi connectivity index (χ3n) is 4.41. The van der Waals surface area contributed by atoms with Crippen LogP contribution in [0.5, 0.6) is 0 Å². The number of nitrogens with zero attached hydrogens (tertiary/aromatic N) is 1. The molecule has 1 aliphatic heterocycles. The molecule has 1 atom stereocenters. The van der Waals surface area contributed by atoms with Crippen LogP contribution in [0.25, 0.3) is 0 Å². The zero-order valence-corrected chi connectivity index (χ0v) is 15.0. The molecule has 1 heterocycles. The Hall–Kier alpha value is -0.810. The summed E-state index contributed by atoms with van der Waals surface area (Å²) in [6.07, 6.45) is 4.84. The predicted octanol–water partition coefficient (Wildman–Crippen LogP) is 2.19. The number of carbonyl (C=O) groups excluding carboxylic acids is 1. The Balaban J connectivity index is 2.53. The molecule has 5 heteroatoms. The summed E-state index contributed by atoms with van der Waals surface area (Å²) in [6, 6.07) is 0.374. The van der Waals surface area contributed by atoms with Crippen LogP contribution in [0, 0.1) is 5.41 Å². The van der Waals surface area contributed by atoms with Crippen molar-refractivity contribution in [2.24, 2.45) is 5.41 Å². The molecular formula is C17H36N4O. The Morgan fingerprint density at radius 1 is 1.18 bits per heavy atom. The monoisotopic (exact) mass is 312 g/mol. The van der Waals surface area contributed by atoms with E-state index in [0.717, 1.165) is 39.3 Å². The van der Waals surface area contributed by atoms with Gasteiger partial charge < -0.3 is 20.9 Å². The van der Waals surface area contributed by atoms with E-state index in [0.29, 0.717) is 0 Å². The summed E-state index contributed by atoms with van der Waals surface area (Å²) in [4.78, 5) is 14.0. The Morgan fingerprint density at radius 2 is 1.73 bits per heavy atom. The van der Waals surface area contributed by atoms with Gasteiger partial charge in [0.25, 0.3) is 0 Å². The highest BCUT2D eigenvalue weighted by atomic mass is 16.2. The molecule has 3 N–H and O–H groups in total. The van der Waals surface area contributed by atoms with Crippen molar-refractivity contribution in [3.63, 3.8) is 0 Å². The van der Waals surface area contributed by atoms with Crippen molar-refractivity contribution in [1.29, 1.82) is 0 Å². The van der Waals surface area contributed by atoms with Crippen LogP contribution in [-0.2, 0) is 0 Å². The third kappa shape index (κ3) is 6.53. The molecule has 0 bridgehead atoms. The van der Waals surface area contributed by atoms with Crippen molar-refractivity contribution < 1.29 is 4.79 Å². The lowest BCUT2D eigenvalue weighted by Gasteiger charge is -2.35. The zero-order valence-electron chi connectivity index (χ0n) is 15.0. The first-order valence-corrected chi connectivity index (χ1v) is 8.98. The van der Waals surface area contributed by atoms with E-state index >= 15 is 0 Å². The Bertz CT molecular complexity index is 310. The second kappa shape index (κ2) is 10.1. The van der Waals surface area contributed by atoms with Gasteiger partial charge in [-0.3, -0.25) is 0 Å². The van der Waals surface area contributed by atoms with Crippen molar-refractivity contribution in [2.45, 2.75) is 59.4 Å². The minimum Gasteiger partial charge on any atom is -0.336 e. The highest BCUT2D eigenvalue weighted by Crippen LogP contribution is 2.20. The fraction of sp³-hybridized carbons (Fsp3) is 0.941. The van der Waals surface area contributed by atoms with Crippen molar-refractivity contribution in [2.75, 3.05) is 39.3 Å². The van der Waals surface area contributed by atoms with Crippen LogP contribution in [0.2, 0.25) is 0 Å². The molecule has 0 aromatic rings.